The molecule has 0 saturated carbocycles. The predicted molar refractivity (Wildman–Crippen MR) is 58.5 cm³/mol. The second-order valence-electron chi connectivity index (χ2n) is 3.94. The van der Waals surface area contributed by atoms with Gasteiger partial charge in [-0.15, -0.1) is 0 Å². The molecular formula is C11H11FN2O4. The smallest absolute Gasteiger partial charge is 0.334 e. The van der Waals surface area contributed by atoms with Crippen LogP contribution in [0, 0.1) is 5.82 Å². The number of carbonyl (C=O) groups is 2. The standard InChI is InChI=1S/C11H11FN2O4/c12-6-1-2-8-7(5-6)11(9(15)16,3-4-18-8)14-10(13)17/h1-2,5H,3-4H2,(H,15,16)(H3,13,14,17)/t11-/m0/s1. The summed E-state index contributed by atoms with van der Waals surface area (Å²) in [6, 6.07) is 2.51. The molecule has 0 unspecified atom stereocenters. The zero-order valence-corrected chi connectivity index (χ0v) is 9.27. The van der Waals surface area contributed by atoms with Crippen LogP contribution >= 0.6 is 0 Å². The number of nitrogens with one attached hydrogen (secondary N) is 1. The molecule has 0 fully saturated rings. The van der Waals surface area contributed by atoms with Crippen LogP contribution in [0.1, 0.15) is 12.0 Å². The number of carboxylic acid groups (broad SMARTS) is 1. The molecule has 2 amide bonds. The molecule has 0 spiro atoms. The number of amides is 2. The Morgan fingerprint density at radius 1 is 1.50 bits per heavy atom. The summed E-state index contributed by atoms with van der Waals surface area (Å²) in [5.41, 5.74) is 3.30. The van der Waals surface area contributed by atoms with Gasteiger partial charge >= 0.3 is 12.0 Å². The fourth-order valence-corrected chi connectivity index (χ4v) is 2.03. The molecule has 1 aliphatic rings. The van der Waals surface area contributed by atoms with Crippen molar-refractivity contribution >= 4 is 12.0 Å². The van der Waals surface area contributed by atoms with Crippen LogP contribution in [0.4, 0.5) is 9.18 Å². The van der Waals surface area contributed by atoms with Crippen LogP contribution in [0.2, 0.25) is 0 Å². The first-order valence-electron chi connectivity index (χ1n) is 5.19. The van der Waals surface area contributed by atoms with Crippen molar-refractivity contribution in [3.05, 3.63) is 29.6 Å². The highest BCUT2D eigenvalue weighted by molar-refractivity contribution is 5.88. The Bertz CT molecular complexity index is 520. The van der Waals surface area contributed by atoms with Gasteiger partial charge in [0.25, 0.3) is 0 Å². The summed E-state index contributed by atoms with van der Waals surface area (Å²) in [4.78, 5) is 22.4. The van der Waals surface area contributed by atoms with Crippen molar-refractivity contribution in [2.24, 2.45) is 5.73 Å². The average Bonchev–Trinajstić information content (AvgIpc) is 2.29. The zero-order chi connectivity index (χ0) is 13.3. The van der Waals surface area contributed by atoms with E-state index in [1.165, 1.54) is 6.07 Å². The van der Waals surface area contributed by atoms with Gasteiger partial charge in [0.1, 0.15) is 11.6 Å². The van der Waals surface area contributed by atoms with E-state index in [0.29, 0.717) is 0 Å². The Kier molecular flexibility index (Phi) is 2.82. The van der Waals surface area contributed by atoms with E-state index < -0.39 is 23.4 Å². The van der Waals surface area contributed by atoms with Crippen molar-refractivity contribution in [3.63, 3.8) is 0 Å². The highest BCUT2D eigenvalue weighted by Gasteiger charge is 2.46. The third kappa shape index (κ3) is 1.83. The van der Waals surface area contributed by atoms with Crippen LogP contribution in [-0.2, 0) is 10.3 Å². The minimum atomic E-state index is -1.75. The van der Waals surface area contributed by atoms with Gasteiger partial charge in [0.2, 0.25) is 0 Å². The summed E-state index contributed by atoms with van der Waals surface area (Å²) in [7, 11) is 0. The van der Waals surface area contributed by atoms with Gasteiger partial charge in [-0.1, -0.05) is 0 Å². The van der Waals surface area contributed by atoms with Gasteiger partial charge in [-0.3, -0.25) is 0 Å². The normalized spacial score (nSPS) is 21.6. The lowest BCUT2D eigenvalue weighted by Crippen LogP contribution is -2.55. The summed E-state index contributed by atoms with van der Waals surface area (Å²) in [6.07, 6.45) is -0.0261. The predicted octanol–water partition coefficient (Wildman–Crippen LogP) is 0.556. The van der Waals surface area contributed by atoms with Gasteiger partial charge in [-0.05, 0) is 18.2 Å². The quantitative estimate of drug-likeness (QED) is 0.717. The molecule has 0 bridgehead atoms. The van der Waals surface area contributed by atoms with Crippen LogP contribution in [0.15, 0.2) is 18.2 Å². The lowest BCUT2D eigenvalue weighted by molar-refractivity contribution is -0.146. The SMILES string of the molecule is NC(=O)N[C@@]1(C(=O)O)CCOc2ccc(F)cc21. The molecule has 0 radical (unpaired) electrons. The molecule has 0 saturated heterocycles. The van der Waals surface area contributed by atoms with E-state index >= 15 is 0 Å². The highest BCUT2D eigenvalue weighted by Crippen LogP contribution is 2.37. The van der Waals surface area contributed by atoms with E-state index in [0.717, 1.165) is 12.1 Å². The molecule has 2 rings (SSSR count). The van der Waals surface area contributed by atoms with Crippen molar-refractivity contribution in [1.29, 1.82) is 0 Å². The van der Waals surface area contributed by atoms with Gasteiger partial charge in [-0.25, -0.2) is 14.0 Å². The first-order valence-corrected chi connectivity index (χ1v) is 5.19. The second kappa shape index (κ2) is 4.17. The number of hydrogen-bond donors (Lipinski definition) is 3. The Hall–Kier alpha value is -2.31. The Balaban J connectivity index is 2.59. The van der Waals surface area contributed by atoms with E-state index in [2.05, 4.69) is 5.32 Å². The largest absolute Gasteiger partial charge is 0.493 e. The number of halogens is 1. The molecule has 1 heterocycles. The number of benzene rings is 1. The maximum atomic E-state index is 13.2. The highest BCUT2D eigenvalue weighted by atomic mass is 19.1. The first-order chi connectivity index (χ1) is 8.45. The molecule has 96 valence electrons. The number of primary amides is 1. The Morgan fingerprint density at radius 2 is 2.22 bits per heavy atom. The minimum absolute atomic E-state index is 0.0261. The molecule has 4 N–H and O–H groups in total. The first kappa shape index (κ1) is 12.2. The number of hydrogen-bond acceptors (Lipinski definition) is 3. The monoisotopic (exact) mass is 254 g/mol. The molecule has 6 nitrogen and oxygen atoms in total. The van der Waals surface area contributed by atoms with Crippen LogP contribution in [0.5, 0.6) is 5.75 Å². The van der Waals surface area contributed by atoms with Gasteiger partial charge in [0.15, 0.2) is 5.54 Å². The van der Waals surface area contributed by atoms with E-state index in [1.807, 2.05) is 0 Å². The summed E-state index contributed by atoms with van der Waals surface area (Å²) in [6.45, 7) is 0.0885. The molecule has 1 aliphatic heterocycles. The number of nitrogens with two attached hydrogens (primary N) is 1. The van der Waals surface area contributed by atoms with Crippen molar-refractivity contribution in [3.8, 4) is 5.75 Å². The lowest BCUT2D eigenvalue weighted by Gasteiger charge is -2.35. The van der Waals surface area contributed by atoms with Crippen LogP contribution in [0.25, 0.3) is 0 Å². The van der Waals surface area contributed by atoms with Crippen molar-refractivity contribution in [2.45, 2.75) is 12.0 Å². The number of aliphatic carboxylic acids is 1. The van der Waals surface area contributed by atoms with Crippen LogP contribution < -0.4 is 15.8 Å². The molecule has 1 atom stereocenters. The van der Waals surface area contributed by atoms with Crippen molar-refractivity contribution in [2.75, 3.05) is 6.61 Å². The molecule has 1 aromatic rings. The van der Waals surface area contributed by atoms with Gasteiger partial charge in [0, 0.05) is 12.0 Å². The summed E-state index contributed by atoms with van der Waals surface area (Å²) >= 11 is 0. The Labute approximate surface area is 102 Å². The van der Waals surface area contributed by atoms with E-state index in [9.17, 15) is 19.1 Å². The van der Waals surface area contributed by atoms with E-state index in [-0.39, 0.29) is 24.3 Å². The molecule has 0 aromatic heterocycles. The fraction of sp³-hybridized carbons (Fsp3) is 0.273. The average molecular weight is 254 g/mol. The number of urea groups is 1. The number of fused-ring (bicyclic) bond motifs is 1. The summed E-state index contributed by atoms with van der Waals surface area (Å²) in [5.74, 6) is -1.70. The molecular weight excluding hydrogens is 243 g/mol. The minimum Gasteiger partial charge on any atom is -0.493 e. The maximum Gasteiger partial charge on any atom is 0.334 e. The topological polar surface area (TPSA) is 102 Å². The van der Waals surface area contributed by atoms with E-state index in [4.69, 9.17) is 10.5 Å². The molecule has 0 aliphatic carbocycles. The van der Waals surface area contributed by atoms with Gasteiger partial charge in [-0.2, -0.15) is 0 Å². The number of carboxylic acids is 1. The maximum absolute atomic E-state index is 13.2. The van der Waals surface area contributed by atoms with Crippen LogP contribution in [-0.4, -0.2) is 23.7 Å². The van der Waals surface area contributed by atoms with Gasteiger partial charge in [0.05, 0.1) is 6.61 Å². The van der Waals surface area contributed by atoms with E-state index in [1.54, 1.807) is 0 Å². The molecule has 7 heteroatoms. The fourth-order valence-electron chi connectivity index (χ4n) is 2.03. The van der Waals surface area contributed by atoms with Crippen molar-refractivity contribution < 1.29 is 23.8 Å². The number of ether oxygens (including phenoxy) is 1. The van der Waals surface area contributed by atoms with Crippen molar-refractivity contribution in [1.82, 2.24) is 5.32 Å². The summed E-state index contributed by atoms with van der Waals surface area (Å²) < 4.78 is 18.5. The Morgan fingerprint density at radius 3 is 2.83 bits per heavy atom. The van der Waals surface area contributed by atoms with Gasteiger partial charge < -0.3 is 20.9 Å². The zero-order valence-electron chi connectivity index (χ0n) is 9.27. The lowest BCUT2D eigenvalue weighted by atomic mass is 9.84. The van der Waals surface area contributed by atoms with Crippen LogP contribution in [0.3, 0.4) is 0 Å². The third-order valence-corrected chi connectivity index (χ3v) is 2.84. The third-order valence-electron chi connectivity index (χ3n) is 2.84. The second-order valence-corrected chi connectivity index (χ2v) is 3.94. The summed E-state index contributed by atoms with van der Waals surface area (Å²) in [5, 5.41) is 11.5. The molecule has 1 aromatic carbocycles. The molecule has 18 heavy (non-hydrogen) atoms. The number of rotatable bonds is 2. The number of carbonyl (C=O) groups excluding carboxylic acids is 1.